The Hall–Kier alpha value is -1.65. The van der Waals surface area contributed by atoms with Crippen LogP contribution in [0.1, 0.15) is 277 Å². The quantitative estimate of drug-likeness (QED) is 0.0423. The van der Waals surface area contributed by atoms with Crippen molar-refractivity contribution in [2.24, 2.45) is 0 Å². The molecule has 0 aromatic rings. The van der Waals surface area contributed by atoms with Gasteiger partial charge in [-0.3, -0.25) is 4.79 Å². The van der Waals surface area contributed by atoms with Crippen LogP contribution in [0, 0.1) is 0 Å². The Morgan fingerprint density at radius 2 is 0.729 bits per heavy atom. The van der Waals surface area contributed by atoms with Crippen molar-refractivity contribution in [1.29, 1.82) is 0 Å². The molecule has 0 aliphatic rings. The van der Waals surface area contributed by atoms with E-state index < -0.39 is 12.1 Å². The second kappa shape index (κ2) is 50.7. The first kappa shape index (κ1) is 57.3. The van der Waals surface area contributed by atoms with Gasteiger partial charge in [0.25, 0.3) is 0 Å². The minimum Gasteiger partial charge on any atom is -0.394 e. The third-order valence-corrected chi connectivity index (χ3v) is 12.0. The summed E-state index contributed by atoms with van der Waals surface area (Å²) in [6.45, 7) is 4.22. The van der Waals surface area contributed by atoms with Gasteiger partial charge < -0.3 is 15.5 Å². The first-order valence-corrected chi connectivity index (χ1v) is 26.4. The van der Waals surface area contributed by atoms with Gasteiger partial charge >= 0.3 is 0 Å². The van der Waals surface area contributed by atoms with E-state index in [9.17, 15) is 15.0 Å². The van der Waals surface area contributed by atoms with Crippen LogP contribution in [-0.4, -0.2) is 34.9 Å². The average Bonchev–Trinajstić information content (AvgIpc) is 3.24. The Morgan fingerprint density at radius 3 is 1.14 bits per heavy atom. The van der Waals surface area contributed by atoms with Crippen LogP contribution in [0.3, 0.4) is 0 Å². The van der Waals surface area contributed by atoms with Gasteiger partial charge in [0.05, 0.1) is 18.8 Å². The molecule has 346 valence electrons. The molecule has 0 aromatic heterocycles. The topological polar surface area (TPSA) is 69.6 Å². The van der Waals surface area contributed by atoms with E-state index in [-0.39, 0.29) is 12.5 Å². The van der Waals surface area contributed by atoms with E-state index in [1.807, 2.05) is 6.08 Å². The van der Waals surface area contributed by atoms with Crippen molar-refractivity contribution in [1.82, 2.24) is 5.32 Å². The Bertz CT molecular complexity index is 939. The van der Waals surface area contributed by atoms with Gasteiger partial charge in [-0.15, -0.1) is 0 Å². The molecule has 0 saturated heterocycles. The summed E-state index contributed by atoms with van der Waals surface area (Å²) in [5.74, 6) is -0.0742. The zero-order chi connectivity index (χ0) is 42.8. The zero-order valence-corrected chi connectivity index (χ0v) is 39.8. The van der Waals surface area contributed by atoms with Gasteiger partial charge in [-0.2, -0.15) is 0 Å². The fourth-order valence-electron chi connectivity index (χ4n) is 7.98. The molecule has 2 unspecified atom stereocenters. The maximum atomic E-state index is 12.3. The summed E-state index contributed by atoms with van der Waals surface area (Å²) >= 11 is 0. The molecule has 0 aliphatic carbocycles. The molecule has 59 heavy (non-hydrogen) atoms. The van der Waals surface area contributed by atoms with Crippen molar-refractivity contribution in [2.75, 3.05) is 6.61 Å². The number of unbranched alkanes of at least 4 members (excludes halogenated alkanes) is 35. The smallest absolute Gasteiger partial charge is 0.220 e. The molecule has 0 heterocycles. The summed E-state index contributed by atoms with van der Waals surface area (Å²) in [5, 5.41) is 22.8. The SMILES string of the molecule is CCCC/C=C/CC/C=C/C(O)C(CO)NC(=O)CCCCCCCCCCCCCCCCCCCCCCCCCCCCC/C=C\C/C=C\CCCCCCC. The highest BCUT2D eigenvalue weighted by Crippen LogP contribution is 2.17. The molecule has 0 saturated carbocycles. The first-order chi connectivity index (χ1) is 29.2. The molecule has 4 nitrogen and oxygen atoms in total. The van der Waals surface area contributed by atoms with Crippen molar-refractivity contribution in [3.8, 4) is 0 Å². The normalized spacial score (nSPS) is 13.2. The number of allylic oxidation sites excluding steroid dienone is 7. The zero-order valence-electron chi connectivity index (χ0n) is 39.8. The van der Waals surface area contributed by atoms with Crippen LogP contribution in [0.4, 0.5) is 0 Å². The maximum absolute atomic E-state index is 12.3. The van der Waals surface area contributed by atoms with Crippen molar-refractivity contribution < 1.29 is 15.0 Å². The van der Waals surface area contributed by atoms with Gasteiger partial charge in [-0.25, -0.2) is 0 Å². The Balaban J connectivity index is 3.34. The highest BCUT2D eigenvalue weighted by molar-refractivity contribution is 5.76. The summed E-state index contributed by atoms with van der Waals surface area (Å²) in [6.07, 6.45) is 70.2. The number of aliphatic hydroxyl groups excluding tert-OH is 2. The predicted molar refractivity (Wildman–Crippen MR) is 262 cm³/mol. The molecule has 0 aromatic carbocycles. The molecular weight excluding hydrogens is 723 g/mol. The number of nitrogens with one attached hydrogen (secondary N) is 1. The predicted octanol–water partition coefficient (Wildman–Crippen LogP) is 17.1. The van der Waals surface area contributed by atoms with E-state index in [1.54, 1.807) is 6.08 Å². The van der Waals surface area contributed by atoms with Crippen LogP contribution >= 0.6 is 0 Å². The molecule has 3 N–H and O–H groups in total. The maximum Gasteiger partial charge on any atom is 0.220 e. The lowest BCUT2D eigenvalue weighted by atomic mass is 10.0. The van der Waals surface area contributed by atoms with Gasteiger partial charge in [0.15, 0.2) is 0 Å². The number of carbonyl (C=O) groups is 1. The van der Waals surface area contributed by atoms with Crippen LogP contribution in [-0.2, 0) is 4.79 Å². The number of amides is 1. The minimum absolute atomic E-state index is 0.0742. The fourth-order valence-corrected chi connectivity index (χ4v) is 7.98. The molecule has 1 amide bonds. The van der Waals surface area contributed by atoms with E-state index >= 15 is 0 Å². The van der Waals surface area contributed by atoms with Gasteiger partial charge in [0.2, 0.25) is 5.91 Å². The third-order valence-electron chi connectivity index (χ3n) is 12.0. The number of aliphatic hydroxyl groups is 2. The second-order valence-electron chi connectivity index (χ2n) is 17.9. The molecule has 0 spiro atoms. The first-order valence-electron chi connectivity index (χ1n) is 26.4. The largest absolute Gasteiger partial charge is 0.394 e. The van der Waals surface area contributed by atoms with Crippen molar-refractivity contribution in [3.05, 3.63) is 48.6 Å². The van der Waals surface area contributed by atoms with Crippen LogP contribution in [0.5, 0.6) is 0 Å². The van der Waals surface area contributed by atoms with Crippen LogP contribution in [0.2, 0.25) is 0 Å². The molecule has 0 bridgehead atoms. The molecule has 4 heteroatoms. The fraction of sp³-hybridized carbons (Fsp3) is 0.836. The summed E-state index contributed by atoms with van der Waals surface area (Å²) in [5.41, 5.74) is 0. The Labute approximate surface area is 369 Å². The lowest BCUT2D eigenvalue weighted by molar-refractivity contribution is -0.123. The Kier molecular flexibility index (Phi) is 49.3. The Morgan fingerprint density at radius 1 is 0.407 bits per heavy atom. The molecule has 0 radical (unpaired) electrons. The van der Waals surface area contributed by atoms with E-state index in [1.165, 1.54) is 218 Å². The van der Waals surface area contributed by atoms with Gasteiger partial charge in [-0.05, 0) is 57.8 Å². The molecular formula is C55H103NO3. The molecule has 2 atom stereocenters. The molecule has 0 aliphatic heterocycles. The highest BCUT2D eigenvalue weighted by atomic mass is 16.3. The van der Waals surface area contributed by atoms with Crippen LogP contribution in [0.15, 0.2) is 48.6 Å². The van der Waals surface area contributed by atoms with E-state index in [0.29, 0.717) is 6.42 Å². The lowest BCUT2D eigenvalue weighted by Gasteiger charge is -2.19. The summed E-state index contributed by atoms with van der Waals surface area (Å²) in [7, 11) is 0. The van der Waals surface area contributed by atoms with Crippen molar-refractivity contribution in [3.63, 3.8) is 0 Å². The monoisotopic (exact) mass is 826 g/mol. The second-order valence-corrected chi connectivity index (χ2v) is 17.9. The van der Waals surface area contributed by atoms with E-state index in [4.69, 9.17) is 0 Å². The summed E-state index contributed by atoms with van der Waals surface area (Å²) < 4.78 is 0. The van der Waals surface area contributed by atoms with Crippen LogP contribution < -0.4 is 5.32 Å². The average molecular weight is 826 g/mol. The number of carbonyl (C=O) groups excluding carboxylic acids is 1. The van der Waals surface area contributed by atoms with Crippen molar-refractivity contribution >= 4 is 5.91 Å². The van der Waals surface area contributed by atoms with E-state index in [0.717, 1.165) is 38.5 Å². The lowest BCUT2D eigenvalue weighted by Crippen LogP contribution is -2.45. The molecule has 0 rings (SSSR count). The van der Waals surface area contributed by atoms with Gasteiger partial charge in [-0.1, -0.05) is 262 Å². The number of hydrogen-bond acceptors (Lipinski definition) is 3. The van der Waals surface area contributed by atoms with E-state index in [2.05, 4.69) is 55.6 Å². The van der Waals surface area contributed by atoms with Crippen molar-refractivity contribution in [2.45, 2.75) is 289 Å². The molecule has 0 fully saturated rings. The highest BCUT2D eigenvalue weighted by Gasteiger charge is 2.17. The van der Waals surface area contributed by atoms with Gasteiger partial charge in [0, 0.05) is 6.42 Å². The summed E-state index contributed by atoms with van der Waals surface area (Å²) in [6, 6.07) is -0.634. The third kappa shape index (κ3) is 47.3. The number of rotatable bonds is 48. The minimum atomic E-state index is -0.857. The van der Waals surface area contributed by atoms with Gasteiger partial charge in [0.1, 0.15) is 0 Å². The van der Waals surface area contributed by atoms with Crippen LogP contribution in [0.25, 0.3) is 0 Å². The standard InChI is InChI=1S/C55H103NO3/c1-3-5-7-9-11-13-14-15-16-17-18-19-20-21-22-23-24-25-26-27-28-29-30-31-32-33-34-35-36-37-38-39-40-41-42-43-45-47-49-51-55(59)56-53(52-57)54(58)50-48-46-44-12-10-8-6-4-2/h10,12,14-15,17-18,48,50,53-54,57-58H,3-9,11,13,16,19-47,49,51-52H2,1-2H3,(H,56,59)/b12-10+,15-14-,18-17-,50-48+. The summed E-state index contributed by atoms with van der Waals surface area (Å²) in [4.78, 5) is 12.3. The number of hydrogen-bond donors (Lipinski definition) is 3.